The predicted molar refractivity (Wildman–Crippen MR) is 94.3 cm³/mol. The van der Waals surface area contributed by atoms with Gasteiger partial charge in [-0.1, -0.05) is 42.5 Å². The van der Waals surface area contributed by atoms with Gasteiger partial charge >= 0.3 is 0 Å². The first-order chi connectivity index (χ1) is 11.6. The number of hydrogen-bond acceptors (Lipinski definition) is 2. The molecular weight excluding hydrogens is 301 g/mol. The fraction of sp³-hybridized carbons (Fsp3) is 0.0952. The summed E-state index contributed by atoms with van der Waals surface area (Å²) in [5, 5.41) is 8.24. The Bertz CT molecular complexity index is 841. The maximum atomic E-state index is 13.7. The SMILES string of the molecule is Cc1ccc(C(=N)c2ccc(OCc3ccccc3)cc2)cc1F. The van der Waals surface area contributed by atoms with Crippen molar-refractivity contribution in [2.45, 2.75) is 13.5 Å². The molecule has 3 aromatic rings. The van der Waals surface area contributed by atoms with Gasteiger partial charge in [0.25, 0.3) is 0 Å². The molecule has 0 fully saturated rings. The third-order valence-electron chi connectivity index (χ3n) is 3.85. The van der Waals surface area contributed by atoms with E-state index in [1.165, 1.54) is 6.07 Å². The molecule has 0 unspecified atom stereocenters. The van der Waals surface area contributed by atoms with E-state index in [4.69, 9.17) is 10.1 Å². The third-order valence-corrected chi connectivity index (χ3v) is 3.85. The summed E-state index contributed by atoms with van der Waals surface area (Å²) >= 11 is 0. The second kappa shape index (κ2) is 7.09. The summed E-state index contributed by atoms with van der Waals surface area (Å²) in [7, 11) is 0. The first-order valence-electron chi connectivity index (χ1n) is 7.76. The molecule has 0 aliphatic heterocycles. The van der Waals surface area contributed by atoms with Crippen LogP contribution in [0.4, 0.5) is 4.39 Å². The van der Waals surface area contributed by atoms with Crippen molar-refractivity contribution in [2.24, 2.45) is 0 Å². The first kappa shape index (κ1) is 15.9. The van der Waals surface area contributed by atoms with Crippen LogP contribution < -0.4 is 4.74 Å². The second-order valence-electron chi connectivity index (χ2n) is 5.64. The molecule has 0 aromatic heterocycles. The van der Waals surface area contributed by atoms with Gasteiger partial charge in [0.15, 0.2) is 0 Å². The third kappa shape index (κ3) is 3.69. The second-order valence-corrected chi connectivity index (χ2v) is 5.64. The van der Waals surface area contributed by atoms with Gasteiger partial charge in [0.1, 0.15) is 18.2 Å². The smallest absolute Gasteiger partial charge is 0.126 e. The van der Waals surface area contributed by atoms with Crippen LogP contribution in [0.5, 0.6) is 5.75 Å². The lowest BCUT2D eigenvalue weighted by atomic mass is 10.0. The Morgan fingerprint density at radius 3 is 2.25 bits per heavy atom. The highest BCUT2D eigenvalue weighted by molar-refractivity contribution is 6.10. The quantitative estimate of drug-likeness (QED) is 0.650. The molecule has 0 saturated heterocycles. The zero-order valence-electron chi connectivity index (χ0n) is 13.4. The van der Waals surface area contributed by atoms with E-state index in [1.807, 2.05) is 54.6 Å². The Hall–Kier alpha value is -2.94. The molecule has 0 aliphatic carbocycles. The molecule has 0 heterocycles. The first-order valence-corrected chi connectivity index (χ1v) is 7.76. The van der Waals surface area contributed by atoms with Crippen molar-refractivity contribution in [3.63, 3.8) is 0 Å². The Labute approximate surface area is 141 Å². The van der Waals surface area contributed by atoms with Crippen LogP contribution in [0, 0.1) is 18.2 Å². The van der Waals surface area contributed by atoms with Crippen LogP contribution in [0.25, 0.3) is 0 Å². The number of rotatable bonds is 5. The average Bonchev–Trinajstić information content (AvgIpc) is 2.63. The molecule has 3 rings (SSSR count). The number of aryl methyl sites for hydroxylation is 1. The van der Waals surface area contributed by atoms with E-state index in [9.17, 15) is 4.39 Å². The Kier molecular flexibility index (Phi) is 4.71. The molecular formula is C21H18FNO. The van der Waals surface area contributed by atoms with E-state index in [2.05, 4.69) is 0 Å². The van der Waals surface area contributed by atoms with Crippen molar-refractivity contribution in [2.75, 3.05) is 0 Å². The molecule has 0 atom stereocenters. The van der Waals surface area contributed by atoms with Gasteiger partial charge in [-0.25, -0.2) is 4.39 Å². The molecule has 3 heteroatoms. The fourth-order valence-corrected chi connectivity index (χ4v) is 2.37. The van der Waals surface area contributed by atoms with Gasteiger partial charge < -0.3 is 4.74 Å². The van der Waals surface area contributed by atoms with Gasteiger partial charge in [-0.2, -0.15) is 0 Å². The van der Waals surface area contributed by atoms with Crippen molar-refractivity contribution in [3.8, 4) is 5.75 Å². The van der Waals surface area contributed by atoms with Gasteiger partial charge in [-0.15, -0.1) is 0 Å². The molecule has 0 saturated carbocycles. The van der Waals surface area contributed by atoms with Crippen LogP contribution >= 0.6 is 0 Å². The molecule has 0 radical (unpaired) electrons. The van der Waals surface area contributed by atoms with Crippen LogP contribution in [-0.2, 0) is 6.61 Å². The van der Waals surface area contributed by atoms with Crippen molar-refractivity contribution < 1.29 is 9.13 Å². The maximum absolute atomic E-state index is 13.7. The lowest BCUT2D eigenvalue weighted by molar-refractivity contribution is 0.306. The van der Waals surface area contributed by atoms with Crippen molar-refractivity contribution in [1.29, 1.82) is 5.41 Å². The Balaban J connectivity index is 1.69. The Morgan fingerprint density at radius 2 is 1.58 bits per heavy atom. The molecule has 0 spiro atoms. The summed E-state index contributed by atoms with van der Waals surface area (Å²) in [4.78, 5) is 0. The van der Waals surface area contributed by atoms with Crippen LogP contribution in [0.3, 0.4) is 0 Å². The lowest BCUT2D eigenvalue weighted by Crippen LogP contribution is -2.03. The van der Waals surface area contributed by atoms with Gasteiger partial charge in [0.05, 0.1) is 5.71 Å². The normalized spacial score (nSPS) is 10.4. The predicted octanol–water partition coefficient (Wildman–Crippen LogP) is 5.13. The summed E-state index contributed by atoms with van der Waals surface area (Å²) in [6.07, 6.45) is 0. The molecule has 0 amide bonds. The highest BCUT2D eigenvalue weighted by Crippen LogP contribution is 2.18. The van der Waals surface area contributed by atoms with E-state index < -0.39 is 0 Å². The summed E-state index contributed by atoms with van der Waals surface area (Å²) < 4.78 is 19.4. The van der Waals surface area contributed by atoms with E-state index in [0.717, 1.165) is 16.9 Å². The number of halogens is 1. The minimum Gasteiger partial charge on any atom is -0.489 e. The topological polar surface area (TPSA) is 33.1 Å². The number of benzene rings is 3. The average molecular weight is 319 g/mol. The molecule has 1 N–H and O–H groups in total. The number of hydrogen-bond donors (Lipinski definition) is 1. The van der Waals surface area contributed by atoms with Gasteiger partial charge in [0, 0.05) is 11.1 Å². The summed E-state index contributed by atoms with van der Waals surface area (Å²) in [5.41, 5.74) is 3.27. The summed E-state index contributed by atoms with van der Waals surface area (Å²) in [6.45, 7) is 2.21. The maximum Gasteiger partial charge on any atom is 0.126 e. The van der Waals surface area contributed by atoms with Crippen LogP contribution in [-0.4, -0.2) is 5.71 Å². The zero-order chi connectivity index (χ0) is 16.9. The van der Waals surface area contributed by atoms with Crippen LogP contribution in [0.15, 0.2) is 72.8 Å². The summed E-state index contributed by atoms with van der Waals surface area (Å²) in [5.74, 6) is 0.450. The van der Waals surface area contributed by atoms with E-state index >= 15 is 0 Å². The van der Waals surface area contributed by atoms with E-state index in [-0.39, 0.29) is 5.82 Å². The van der Waals surface area contributed by atoms with E-state index in [1.54, 1.807) is 19.1 Å². The minimum atomic E-state index is -0.292. The molecule has 24 heavy (non-hydrogen) atoms. The number of nitrogens with one attached hydrogen (secondary N) is 1. The largest absolute Gasteiger partial charge is 0.489 e. The highest BCUT2D eigenvalue weighted by Gasteiger charge is 2.07. The van der Waals surface area contributed by atoms with E-state index in [0.29, 0.717) is 23.4 Å². The molecule has 0 aliphatic rings. The van der Waals surface area contributed by atoms with Crippen molar-refractivity contribution in [1.82, 2.24) is 0 Å². The summed E-state index contributed by atoms with van der Waals surface area (Å²) in [6, 6.07) is 22.1. The fourth-order valence-electron chi connectivity index (χ4n) is 2.37. The highest BCUT2D eigenvalue weighted by atomic mass is 19.1. The standard InChI is InChI=1S/C21H18FNO/c1-15-7-8-18(13-20(15)22)21(23)17-9-11-19(12-10-17)24-14-16-5-3-2-4-6-16/h2-13,23H,14H2,1H3. The van der Waals surface area contributed by atoms with Gasteiger partial charge in [-0.3, -0.25) is 5.41 Å². The van der Waals surface area contributed by atoms with Crippen molar-refractivity contribution >= 4 is 5.71 Å². The molecule has 2 nitrogen and oxygen atoms in total. The van der Waals surface area contributed by atoms with Gasteiger partial charge in [-0.05, 0) is 48.4 Å². The minimum absolute atomic E-state index is 0.292. The zero-order valence-corrected chi connectivity index (χ0v) is 13.4. The van der Waals surface area contributed by atoms with Crippen LogP contribution in [0.1, 0.15) is 22.3 Å². The number of ether oxygens (including phenoxy) is 1. The van der Waals surface area contributed by atoms with Crippen molar-refractivity contribution in [3.05, 3.63) is 101 Å². The molecule has 0 bridgehead atoms. The molecule has 3 aromatic carbocycles. The van der Waals surface area contributed by atoms with Crippen LogP contribution in [0.2, 0.25) is 0 Å². The lowest BCUT2D eigenvalue weighted by Gasteiger charge is -2.09. The monoisotopic (exact) mass is 319 g/mol. The molecule has 120 valence electrons. The Morgan fingerprint density at radius 1 is 0.917 bits per heavy atom. The van der Waals surface area contributed by atoms with Gasteiger partial charge in [0.2, 0.25) is 0 Å².